The predicted molar refractivity (Wildman–Crippen MR) is 122 cm³/mol. The third-order valence-corrected chi connectivity index (χ3v) is 5.78. The zero-order valence-electron chi connectivity index (χ0n) is 18.2. The Morgan fingerprint density at radius 3 is 2.50 bits per heavy atom. The van der Waals surface area contributed by atoms with Gasteiger partial charge in [0.2, 0.25) is 5.91 Å². The lowest BCUT2D eigenvalue weighted by Crippen LogP contribution is -2.42. The van der Waals surface area contributed by atoms with Crippen LogP contribution in [-0.4, -0.2) is 44.0 Å². The summed E-state index contributed by atoms with van der Waals surface area (Å²) in [6.45, 7) is 3.63. The first-order chi connectivity index (χ1) is 14.4. The van der Waals surface area contributed by atoms with Crippen LogP contribution < -0.4 is 10.2 Å². The highest BCUT2D eigenvalue weighted by molar-refractivity contribution is 5.99. The molecule has 160 valence electrons. The number of piperidine rings is 1. The Morgan fingerprint density at radius 2 is 1.87 bits per heavy atom. The van der Waals surface area contributed by atoms with Crippen molar-refractivity contribution in [2.24, 2.45) is 0 Å². The van der Waals surface area contributed by atoms with Crippen LogP contribution in [0.1, 0.15) is 31.7 Å². The molecule has 1 saturated heterocycles. The first-order valence-corrected chi connectivity index (χ1v) is 10.7. The molecule has 0 saturated carbocycles. The molecule has 0 spiro atoms. The maximum atomic E-state index is 14.7. The predicted octanol–water partition coefficient (Wildman–Crippen LogP) is 4.87. The smallest absolute Gasteiger partial charge is 0.248 e. The topological polar surface area (TPSA) is 35.6 Å². The second kappa shape index (κ2) is 10.4. The number of carbonyl (C=O) groups is 1. The van der Waals surface area contributed by atoms with Gasteiger partial charge in [-0.15, -0.1) is 0 Å². The van der Waals surface area contributed by atoms with E-state index in [-0.39, 0.29) is 11.7 Å². The van der Waals surface area contributed by atoms with Gasteiger partial charge in [0.1, 0.15) is 5.82 Å². The number of amides is 1. The molecule has 0 aromatic heterocycles. The number of hydrogen-bond acceptors (Lipinski definition) is 3. The standard InChI is InChI=1S/C25H32FN3O/c1-19(9-10-20-7-5-4-6-8-20)17-25(30)27-21-11-12-24(23(26)18-21)29-15-13-22(14-16-29)28(2)3/h4-8,11-12,17-18,22H,9-10,13-16H2,1-3H3,(H,27,30)/b19-17-. The fourth-order valence-electron chi connectivity index (χ4n) is 3.92. The highest BCUT2D eigenvalue weighted by Crippen LogP contribution is 2.26. The van der Waals surface area contributed by atoms with Gasteiger partial charge in [-0.3, -0.25) is 4.79 Å². The Balaban J connectivity index is 1.54. The lowest BCUT2D eigenvalue weighted by atomic mass is 10.0. The van der Waals surface area contributed by atoms with Crippen LogP contribution in [0.4, 0.5) is 15.8 Å². The highest BCUT2D eigenvalue weighted by atomic mass is 19.1. The van der Waals surface area contributed by atoms with Crippen molar-refractivity contribution in [2.75, 3.05) is 37.4 Å². The fraction of sp³-hybridized carbons (Fsp3) is 0.400. The van der Waals surface area contributed by atoms with Gasteiger partial charge < -0.3 is 15.1 Å². The molecule has 1 aliphatic rings. The van der Waals surface area contributed by atoms with Crippen molar-refractivity contribution < 1.29 is 9.18 Å². The van der Waals surface area contributed by atoms with Crippen LogP contribution in [0.3, 0.4) is 0 Å². The molecule has 0 aliphatic carbocycles. The van der Waals surface area contributed by atoms with Gasteiger partial charge in [0.25, 0.3) is 0 Å². The summed E-state index contributed by atoms with van der Waals surface area (Å²) < 4.78 is 14.7. The molecular formula is C25H32FN3O. The maximum absolute atomic E-state index is 14.7. The van der Waals surface area contributed by atoms with Crippen LogP contribution in [0.15, 0.2) is 60.2 Å². The minimum atomic E-state index is -0.291. The molecule has 1 aliphatic heterocycles. The summed E-state index contributed by atoms with van der Waals surface area (Å²) >= 11 is 0. The van der Waals surface area contributed by atoms with Crippen LogP contribution in [-0.2, 0) is 11.2 Å². The average Bonchev–Trinajstić information content (AvgIpc) is 2.73. The van der Waals surface area contributed by atoms with Crippen LogP contribution >= 0.6 is 0 Å². The molecule has 2 aromatic rings. The van der Waals surface area contributed by atoms with Crippen LogP contribution in [0.25, 0.3) is 0 Å². The number of aryl methyl sites for hydroxylation is 1. The van der Waals surface area contributed by atoms with Crippen molar-refractivity contribution in [1.29, 1.82) is 0 Å². The molecule has 0 radical (unpaired) electrons. The third-order valence-electron chi connectivity index (χ3n) is 5.78. The summed E-state index contributed by atoms with van der Waals surface area (Å²) in [7, 11) is 4.19. The number of anilines is 2. The summed E-state index contributed by atoms with van der Waals surface area (Å²) in [4.78, 5) is 16.6. The van der Waals surface area contributed by atoms with E-state index in [1.54, 1.807) is 18.2 Å². The quantitative estimate of drug-likeness (QED) is 0.663. The normalized spacial score (nSPS) is 15.5. The Morgan fingerprint density at radius 1 is 1.17 bits per heavy atom. The van der Waals surface area contributed by atoms with Crippen molar-refractivity contribution in [3.63, 3.8) is 0 Å². The summed E-state index contributed by atoms with van der Waals surface area (Å²) in [6.07, 6.45) is 5.36. The average molecular weight is 410 g/mol. The van der Waals surface area contributed by atoms with Gasteiger partial charge in [0, 0.05) is 30.9 Å². The molecule has 2 aromatic carbocycles. The van der Waals surface area contributed by atoms with Gasteiger partial charge in [-0.25, -0.2) is 4.39 Å². The lowest BCUT2D eigenvalue weighted by molar-refractivity contribution is -0.112. The first kappa shape index (κ1) is 22.0. The van der Waals surface area contributed by atoms with Gasteiger partial charge in [0.15, 0.2) is 0 Å². The van der Waals surface area contributed by atoms with E-state index in [2.05, 4.69) is 41.3 Å². The number of rotatable bonds is 7. The van der Waals surface area contributed by atoms with Gasteiger partial charge in [-0.05, 0) is 70.5 Å². The Labute approximate surface area is 179 Å². The van der Waals surface area contributed by atoms with Gasteiger partial charge in [-0.2, -0.15) is 0 Å². The molecule has 4 nitrogen and oxygen atoms in total. The molecule has 1 amide bonds. The van der Waals surface area contributed by atoms with Crippen molar-refractivity contribution in [1.82, 2.24) is 4.90 Å². The number of benzene rings is 2. The van der Waals surface area contributed by atoms with E-state index in [0.717, 1.165) is 44.3 Å². The number of halogens is 1. The van der Waals surface area contributed by atoms with Crippen molar-refractivity contribution in [2.45, 2.75) is 38.6 Å². The monoisotopic (exact) mass is 409 g/mol. The molecule has 1 fully saturated rings. The molecule has 0 unspecified atom stereocenters. The second-order valence-electron chi connectivity index (χ2n) is 8.31. The number of hydrogen-bond donors (Lipinski definition) is 1. The number of nitrogens with zero attached hydrogens (tertiary/aromatic N) is 2. The van der Waals surface area contributed by atoms with E-state index >= 15 is 0 Å². The van der Waals surface area contributed by atoms with Crippen molar-refractivity contribution in [3.8, 4) is 0 Å². The van der Waals surface area contributed by atoms with E-state index in [9.17, 15) is 9.18 Å². The van der Waals surface area contributed by atoms with Crippen LogP contribution in [0.2, 0.25) is 0 Å². The van der Waals surface area contributed by atoms with Crippen molar-refractivity contribution >= 4 is 17.3 Å². The molecule has 1 N–H and O–H groups in total. The molecule has 0 atom stereocenters. The van der Waals surface area contributed by atoms with E-state index in [4.69, 9.17) is 0 Å². The van der Waals surface area contributed by atoms with Crippen LogP contribution in [0, 0.1) is 5.82 Å². The largest absolute Gasteiger partial charge is 0.369 e. The summed E-state index contributed by atoms with van der Waals surface area (Å²) in [6, 6.07) is 15.7. The first-order valence-electron chi connectivity index (χ1n) is 10.7. The Bertz CT molecular complexity index is 871. The Kier molecular flexibility index (Phi) is 7.63. The number of nitrogens with one attached hydrogen (secondary N) is 1. The maximum Gasteiger partial charge on any atom is 0.248 e. The van der Waals surface area contributed by atoms with E-state index in [0.29, 0.717) is 17.4 Å². The second-order valence-corrected chi connectivity index (χ2v) is 8.31. The zero-order valence-corrected chi connectivity index (χ0v) is 18.2. The number of carbonyl (C=O) groups excluding carboxylic acids is 1. The fourth-order valence-corrected chi connectivity index (χ4v) is 3.92. The highest BCUT2D eigenvalue weighted by Gasteiger charge is 2.22. The minimum absolute atomic E-state index is 0.223. The van der Waals surface area contributed by atoms with Gasteiger partial charge in [0.05, 0.1) is 5.69 Å². The van der Waals surface area contributed by atoms with E-state index < -0.39 is 0 Å². The molecule has 3 rings (SSSR count). The lowest BCUT2D eigenvalue weighted by Gasteiger charge is -2.36. The minimum Gasteiger partial charge on any atom is -0.369 e. The molecule has 1 heterocycles. The van der Waals surface area contributed by atoms with Gasteiger partial charge >= 0.3 is 0 Å². The zero-order chi connectivity index (χ0) is 21.5. The SMILES string of the molecule is C/C(=C/C(=O)Nc1ccc(N2CCC(N(C)C)CC2)c(F)c1)CCc1ccccc1. The molecule has 5 heteroatoms. The van der Waals surface area contributed by atoms with E-state index in [1.807, 2.05) is 25.1 Å². The molecule has 30 heavy (non-hydrogen) atoms. The molecule has 0 bridgehead atoms. The summed E-state index contributed by atoms with van der Waals surface area (Å²) in [5, 5.41) is 2.78. The van der Waals surface area contributed by atoms with E-state index in [1.165, 1.54) is 11.6 Å². The summed E-state index contributed by atoms with van der Waals surface area (Å²) in [5.74, 6) is -0.514. The molecular weight excluding hydrogens is 377 g/mol. The Hall–Kier alpha value is -2.66. The third kappa shape index (κ3) is 6.17. The van der Waals surface area contributed by atoms with Crippen LogP contribution in [0.5, 0.6) is 0 Å². The summed E-state index contributed by atoms with van der Waals surface area (Å²) in [5.41, 5.74) is 3.34. The van der Waals surface area contributed by atoms with Gasteiger partial charge in [-0.1, -0.05) is 35.9 Å². The number of allylic oxidation sites excluding steroid dienone is 1. The van der Waals surface area contributed by atoms with Crippen molar-refractivity contribution in [3.05, 3.63) is 71.6 Å².